The van der Waals surface area contributed by atoms with Gasteiger partial charge in [-0.25, -0.2) is 4.79 Å². The van der Waals surface area contributed by atoms with Crippen LogP contribution in [0.2, 0.25) is 0 Å². The van der Waals surface area contributed by atoms with E-state index < -0.39 is 24.3 Å². The number of amides is 3. The largest absolute Gasteiger partial charge is 0.394 e. The first-order valence-corrected chi connectivity index (χ1v) is 9.78. The standard InChI is InChI=1S/C19H29N5O5/c1-12-18(13(2)29-22-12)21-19(27)20-15-5-4-14(28-16(15)11-25)10-17(26)24-8-6-23(3)7-9-24/h4-5,14-16,25H,6-11H2,1-3H3,(H2,20,21,27)/t14-,15+,16+/m1/s1. The summed E-state index contributed by atoms with van der Waals surface area (Å²) in [5.74, 6) is 0.543. The van der Waals surface area contributed by atoms with E-state index in [1.807, 2.05) is 11.9 Å². The number of ether oxygens (including phenoxy) is 1. The molecule has 10 nitrogen and oxygen atoms in total. The van der Waals surface area contributed by atoms with Crippen LogP contribution in [0.1, 0.15) is 17.9 Å². The average Bonchev–Trinajstić information content (AvgIpc) is 3.01. The van der Waals surface area contributed by atoms with Gasteiger partial charge in [-0.2, -0.15) is 0 Å². The highest BCUT2D eigenvalue weighted by molar-refractivity contribution is 5.90. The van der Waals surface area contributed by atoms with E-state index in [0.29, 0.717) is 30.2 Å². The molecule has 3 heterocycles. The van der Waals surface area contributed by atoms with Gasteiger partial charge in [-0.15, -0.1) is 0 Å². The van der Waals surface area contributed by atoms with Crippen LogP contribution < -0.4 is 10.6 Å². The summed E-state index contributed by atoms with van der Waals surface area (Å²) in [7, 11) is 2.04. The van der Waals surface area contributed by atoms with Crippen LogP contribution in [0.5, 0.6) is 0 Å². The SMILES string of the molecule is Cc1noc(C)c1NC(=O)N[C@H]1C=C[C@H](CC(=O)N2CCN(C)CC2)O[C@H]1CO. The lowest BCUT2D eigenvalue weighted by Gasteiger charge is -2.35. The number of aliphatic hydroxyl groups is 1. The zero-order valence-corrected chi connectivity index (χ0v) is 17.1. The molecule has 160 valence electrons. The second kappa shape index (κ2) is 9.38. The van der Waals surface area contributed by atoms with E-state index in [1.54, 1.807) is 26.0 Å². The number of nitrogens with one attached hydrogen (secondary N) is 2. The number of anilines is 1. The van der Waals surface area contributed by atoms with Gasteiger partial charge in [0.25, 0.3) is 0 Å². The maximum absolute atomic E-state index is 12.5. The van der Waals surface area contributed by atoms with Crippen LogP contribution in [-0.2, 0) is 9.53 Å². The molecule has 0 radical (unpaired) electrons. The highest BCUT2D eigenvalue weighted by Gasteiger charge is 2.30. The number of hydrogen-bond donors (Lipinski definition) is 3. The third kappa shape index (κ3) is 5.34. The Morgan fingerprint density at radius 1 is 1.24 bits per heavy atom. The first kappa shape index (κ1) is 21.3. The van der Waals surface area contributed by atoms with Crippen LogP contribution in [0.25, 0.3) is 0 Å². The molecule has 2 aliphatic heterocycles. The Labute approximate surface area is 169 Å². The molecular formula is C19H29N5O5. The van der Waals surface area contributed by atoms with Crippen molar-refractivity contribution >= 4 is 17.6 Å². The van der Waals surface area contributed by atoms with Gasteiger partial charge in [-0.1, -0.05) is 17.3 Å². The van der Waals surface area contributed by atoms with Gasteiger partial charge in [0.15, 0.2) is 5.76 Å². The number of carbonyl (C=O) groups is 2. The Hall–Kier alpha value is -2.43. The van der Waals surface area contributed by atoms with Crippen molar-refractivity contribution < 1.29 is 24.0 Å². The van der Waals surface area contributed by atoms with Crippen molar-refractivity contribution in [2.24, 2.45) is 0 Å². The van der Waals surface area contributed by atoms with Crippen molar-refractivity contribution in [3.63, 3.8) is 0 Å². The molecule has 1 aromatic rings. The van der Waals surface area contributed by atoms with Crippen molar-refractivity contribution in [1.82, 2.24) is 20.3 Å². The number of nitrogens with zero attached hydrogens (tertiary/aromatic N) is 3. The van der Waals surface area contributed by atoms with Gasteiger partial charge in [0.2, 0.25) is 5.91 Å². The van der Waals surface area contributed by atoms with Gasteiger partial charge in [-0.3, -0.25) is 4.79 Å². The van der Waals surface area contributed by atoms with E-state index >= 15 is 0 Å². The van der Waals surface area contributed by atoms with Gasteiger partial charge in [0.05, 0.1) is 25.2 Å². The van der Waals surface area contributed by atoms with Crippen LogP contribution in [0.3, 0.4) is 0 Å². The molecule has 0 saturated carbocycles. The molecule has 29 heavy (non-hydrogen) atoms. The van der Waals surface area contributed by atoms with Gasteiger partial charge >= 0.3 is 6.03 Å². The van der Waals surface area contributed by atoms with Gasteiger partial charge in [-0.05, 0) is 20.9 Å². The number of rotatable bonds is 5. The van der Waals surface area contributed by atoms with E-state index in [0.717, 1.165) is 13.1 Å². The number of aliphatic hydroxyl groups excluding tert-OH is 1. The lowest BCUT2D eigenvalue weighted by molar-refractivity contribution is -0.137. The minimum atomic E-state index is -0.638. The maximum Gasteiger partial charge on any atom is 0.319 e. The molecule has 1 fully saturated rings. The summed E-state index contributed by atoms with van der Waals surface area (Å²) in [4.78, 5) is 28.8. The first-order valence-electron chi connectivity index (χ1n) is 9.78. The Morgan fingerprint density at radius 2 is 1.97 bits per heavy atom. The van der Waals surface area contributed by atoms with Crippen molar-refractivity contribution in [3.8, 4) is 0 Å². The lowest BCUT2D eigenvalue weighted by atomic mass is 10.0. The third-order valence-corrected chi connectivity index (χ3v) is 5.26. The van der Waals surface area contributed by atoms with E-state index in [2.05, 4.69) is 20.7 Å². The van der Waals surface area contributed by atoms with Crippen molar-refractivity contribution in [2.75, 3.05) is 45.2 Å². The molecule has 3 atom stereocenters. The molecular weight excluding hydrogens is 378 g/mol. The smallest absolute Gasteiger partial charge is 0.319 e. The second-order valence-corrected chi connectivity index (χ2v) is 7.49. The van der Waals surface area contributed by atoms with E-state index in [-0.39, 0.29) is 18.9 Å². The van der Waals surface area contributed by atoms with Crippen LogP contribution in [0, 0.1) is 13.8 Å². The van der Waals surface area contributed by atoms with Gasteiger partial charge in [0.1, 0.15) is 17.5 Å². The first-order chi connectivity index (χ1) is 13.9. The fraction of sp³-hybridized carbons (Fsp3) is 0.632. The number of likely N-dealkylation sites (N-methyl/N-ethyl adjacent to an activating group) is 1. The van der Waals surface area contributed by atoms with Crippen LogP contribution in [-0.4, -0.2) is 90.1 Å². The molecule has 2 aliphatic rings. The highest BCUT2D eigenvalue weighted by atomic mass is 16.5. The van der Waals surface area contributed by atoms with E-state index in [4.69, 9.17) is 9.26 Å². The van der Waals surface area contributed by atoms with Crippen molar-refractivity contribution in [1.29, 1.82) is 0 Å². The Kier molecular flexibility index (Phi) is 6.88. The monoisotopic (exact) mass is 407 g/mol. The summed E-state index contributed by atoms with van der Waals surface area (Å²) in [5.41, 5.74) is 1.09. The predicted molar refractivity (Wildman–Crippen MR) is 106 cm³/mol. The Morgan fingerprint density at radius 3 is 2.59 bits per heavy atom. The van der Waals surface area contributed by atoms with Gasteiger partial charge in [0, 0.05) is 26.2 Å². The molecule has 1 aromatic heterocycles. The molecule has 0 bridgehead atoms. The van der Waals surface area contributed by atoms with E-state index in [9.17, 15) is 14.7 Å². The predicted octanol–water partition coefficient (Wildman–Crippen LogP) is 0.262. The number of piperazine rings is 1. The number of aromatic nitrogens is 1. The van der Waals surface area contributed by atoms with Crippen LogP contribution in [0.15, 0.2) is 16.7 Å². The summed E-state index contributed by atoms with van der Waals surface area (Å²) >= 11 is 0. The lowest BCUT2D eigenvalue weighted by Crippen LogP contribution is -2.51. The van der Waals surface area contributed by atoms with E-state index in [1.165, 1.54) is 0 Å². The minimum Gasteiger partial charge on any atom is -0.394 e. The molecule has 0 aromatic carbocycles. The number of carbonyl (C=O) groups excluding carboxylic acids is 2. The molecule has 1 saturated heterocycles. The Balaban J connectivity index is 1.54. The number of urea groups is 1. The van der Waals surface area contributed by atoms with Crippen molar-refractivity contribution in [2.45, 2.75) is 38.5 Å². The summed E-state index contributed by atoms with van der Waals surface area (Å²) < 4.78 is 10.9. The molecule has 0 unspecified atom stereocenters. The number of hydrogen-bond acceptors (Lipinski definition) is 7. The summed E-state index contributed by atoms with van der Waals surface area (Å²) in [6, 6.07) is -0.974. The van der Waals surface area contributed by atoms with Crippen LogP contribution in [0.4, 0.5) is 10.5 Å². The molecule has 3 N–H and O–H groups in total. The summed E-state index contributed by atoms with van der Waals surface area (Å²) in [6.45, 7) is 6.30. The Bertz CT molecular complexity index is 737. The molecule has 10 heteroatoms. The summed E-state index contributed by atoms with van der Waals surface area (Å²) in [5, 5.41) is 18.9. The maximum atomic E-state index is 12.5. The number of aryl methyl sites for hydroxylation is 2. The quantitative estimate of drug-likeness (QED) is 0.599. The average molecular weight is 407 g/mol. The van der Waals surface area contributed by atoms with Crippen LogP contribution >= 0.6 is 0 Å². The molecule has 0 spiro atoms. The normalized spacial score (nSPS) is 25.1. The molecule has 3 amide bonds. The third-order valence-electron chi connectivity index (χ3n) is 5.26. The zero-order chi connectivity index (χ0) is 21.0. The minimum absolute atomic E-state index is 0.0343. The fourth-order valence-corrected chi connectivity index (χ4v) is 3.46. The topological polar surface area (TPSA) is 120 Å². The molecule has 0 aliphatic carbocycles. The second-order valence-electron chi connectivity index (χ2n) is 7.49. The van der Waals surface area contributed by atoms with Gasteiger partial charge < -0.3 is 34.8 Å². The molecule has 3 rings (SSSR count). The summed E-state index contributed by atoms with van der Waals surface area (Å²) in [6.07, 6.45) is 2.68. The zero-order valence-electron chi connectivity index (χ0n) is 17.1. The fourth-order valence-electron chi connectivity index (χ4n) is 3.46. The highest BCUT2D eigenvalue weighted by Crippen LogP contribution is 2.20. The van der Waals surface area contributed by atoms with Crippen molar-refractivity contribution in [3.05, 3.63) is 23.6 Å².